The van der Waals surface area contributed by atoms with Crippen molar-refractivity contribution in [2.24, 2.45) is 23.7 Å². The molecule has 3 aliphatic rings. The molecule has 1 fully saturated rings. The van der Waals surface area contributed by atoms with Gasteiger partial charge in [0.25, 0.3) is 0 Å². The van der Waals surface area contributed by atoms with Crippen molar-refractivity contribution in [3.05, 3.63) is 23.3 Å². The zero-order valence-electron chi connectivity index (χ0n) is 8.99. The summed E-state index contributed by atoms with van der Waals surface area (Å²) in [5.41, 5.74) is 1.85. The van der Waals surface area contributed by atoms with Crippen LogP contribution in [0.3, 0.4) is 0 Å². The molecule has 0 aliphatic heterocycles. The van der Waals surface area contributed by atoms with Gasteiger partial charge in [0, 0.05) is 5.92 Å². The number of allylic oxidation sites excluding steroid dienone is 4. The molecular formula is C13H14O2. The number of hydrogen-bond donors (Lipinski definition) is 0. The van der Waals surface area contributed by atoms with Crippen LogP contribution in [0.1, 0.15) is 20.3 Å². The van der Waals surface area contributed by atoms with Crippen LogP contribution in [0.5, 0.6) is 0 Å². The molecule has 15 heavy (non-hydrogen) atoms. The molecule has 0 radical (unpaired) electrons. The molecule has 0 aromatic carbocycles. The van der Waals surface area contributed by atoms with Gasteiger partial charge in [-0.2, -0.15) is 0 Å². The summed E-state index contributed by atoms with van der Waals surface area (Å²) in [6, 6.07) is 0. The lowest BCUT2D eigenvalue weighted by Gasteiger charge is -2.32. The standard InChI is InChI=1S/C13H14O2/c1-6-7(2)12(14)13(15)11-9-4-3-8(5-9)10(6)11/h3-4,8-11H,5H2,1-2H3. The number of rotatable bonds is 0. The molecule has 0 aromatic rings. The number of Topliss-reactive ketones (excluding diaryl/α,β-unsaturated/α-hetero) is 2. The fraction of sp³-hybridized carbons (Fsp3) is 0.538. The Bertz CT molecular complexity index is 428. The zero-order chi connectivity index (χ0) is 10.7. The summed E-state index contributed by atoms with van der Waals surface area (Å²) in [5, 5.41) is 0. The van der Waals surface area contributed by atoms with E-state index in [2.05, 4.69) is 12.2 Å². The lowest BCUT2D eigenvalue weighted by atomic mass is 9.69. The highest BCUT2D eigenvalue weighted by Gasteiger charge is 2.52. The van der Waals surface area contributed by atoms with Crippen LogP contribution in [-0.2, 0) is 9.59 Å². The fourth-order valence-electron chi connectivity index (χ4n) is 3.54. The van der Waals surface area contributed by atoms with Gasteiger partial charge in [0.05, 0.1) is 0 Å². The summed E-state index contributed by atoms with van der Waals surface area (Å²) in [7, 11) is 0. The van der Waals surface area contributed by atoms with Gasteiger partial charge in [-0.25, -0.2) is 0 Å². The third-order valence-corrected chi connectivity index (χ3v) is 4.42. The van der Waals surface area contributed by atoms with E-state index in [-0.39, 0.29) is 17.5 Å². The second-order valence-electron chi connectivity index (χ2n) is 5.00. The van der Waals surface area contributed by atoms with E-state index in [0.717, 1.165) is 12.0 Å². The second-order valence-corrected chi connectivity index (χ2v) is 5.00. The van der Waals surface area contributed by atoms with Gasteiger partial charge < -0.3 is 0 Å². The van der Waals surface area contributed by atoms with E-state index in [4.69, 9.17) is 0 Å². The van der Waals surface area contributed by atoms with Gasteiger partial charge in [-0.3, -0.25) is 9.59 Å². The van der Waals surface area contributed by atoms with E-state index in [0.29, 0.717) is 23.3 Å². The van der Waals surface area contributed by atoms with Crippen molar-refractivity contribution in [1.29, 1.82) is 0 Å². The Labute approximate surface area is 89.0 Å². The molecular weight excluding hydrogens is 188 g/mol. The van der Waals surface area contributed by atoms with Gasteiger partial charge in [-0.1, -0.05) is 17.7 Å². The highest BCUT2D eigenvalue weighted by Crippen LogP contribution is 2.53. The monoisotopic (exact) mass is 202 g/mol. The molecule has 0 saturated heterocycles. The van der Waals surface area contributed by atoms with E-state index >= 15 is 0 Å². The van der Waals surface area contributed by atoms with Crippen molar-refractivity contribution in [2.45, 2.75) is 20.3 Å². The summed E-state index contributed by atoms with van der Waals surface area (Å²) in [4.78, 5) is 23.7. The van der Waals surface area contributed by atoms with Crippen LogP contribution < -0.4 is 0 Å². The molecule has 2 bridgehead atoms. The normalized spacial score (nSPS) is 42.8. The van der Waals surface area contributed by atoms with Crippen molar-refractivity contribution in [2.75, 3.05) is 0 Å². The number of carbonyl (C=O) groups is 2. The van der Waals surface area contributed by atoms with Crippen LogP contribution in [0.25, 0.3) is 0 Å². The molecule has 3 aliphatic carbocycles. The van der Waals surface area contributed by atoms with Crippen molar-refractivity contribution in [3.8, 4) is 0 Å². The van der Waals surface area contributed by atoms with Gasteiger partial charge in [-0.05, 0) is 43.6 Å². The van der Waals surface area contributed by atoms with Gasteiger partial charge in [-0.15, -0.1) is 0 Å². The summed E-state index contributed by atoms with van der Waals surface area (Å²) in [5.74, 6) is 0.752. The van der Waals surface area contributed by atoms with Gasteiger partial charge in [0.1, 0.15) is 0 Å². The number of carbonyl (C=O) groups excluding carboxylic acids is 2. The fourth-order valence-corrected chi connectivity index (χ4v) is 3.54. The first-order chi connectivity index (χ1) is 7.11. The van der Waals surface area contributed by atoms with E-state index in [1.165, 1.54) is 0 Å². The minimum atomic E-state index is -0.241. The number of fused-ring (bicyclic) bond motifs is 5. The molecule has 0 spiro atoms. The molecule has 2 nitrogen and oxygen atoms in total. The summed E-state index contributed by atoms with van der Waals surface area (Å²) in [6.45, 7) is 3.81. The average molecular weight is 202 g/mol. The minimum absolute atomic E-state index is 0.0313. The summed E-state index contributed by atoms with van der Waals surface area (Å²) in [6.07, 6.45) is 5.43. The molecule has 0 N–H and O–H groups in total. The summed E-state index contributed by atoms with van der Waals surface area (Å²) >= 11 is 0. The topological polar surface area (TPSA) is 34.1 Å². The Hall–Kier alpha value is -1.18. The Balaban J connectivity index is 2.15. The van der Waals surface area contributed by atoms with Crippen molar-refractivity contribution in [1.82, 2.24) is 0 Å². The van der Waals surface area contributed by atoms with E-state index in [1.807, 2.05) is 6.92 Å². The molecule has 2 heteroatoms. The molecule has 1 saturated carbocycles. The molecule has 0 aromatic heterocycles. The second kappa shape index (κ2) is 2.69. The van der Waals surface area contributed by atoms with Crippen molar-refractivity contribution in [3.63, 3.8) is 0 Å². The van der Waals surface area contributed by atoms with E-state index in [9.17, 15) is 9.59 Å². The SMILES string of the molecule is CC1=C(C)C2C3C=CC(C3)C2C(=O)C1=O. The summed E-state index contributed by atoms with van der Waals surface area (Å²) < 4.78 is 0. The molecule has 78 valence electrons. The van der Waals surface area contributed by atoms with Crippen LogP contribution in [0, 0.1) is 23.7 Å². The smallest absolute Gasteiger partial charge is 0.224 e. The largest absolute Gasteiger partial charge is 0.290 e. The first-order valence-corrected chi connectivity index (χ1v) is 5.55. The predicted molar refractivity (Wildman–Crippen MR) is 56.1 cm³/mol. The minimum Gasteiger partial charge on any atom is -0.290 e. The predicted octanol–water partition coefficient (Wildman–Crippen LogP) is 1.91. The van der Waals surface area contributed by atoms with Crippen LogP contribution in [0.15, 0.2) is 23.3 Å². The van der Waals surface area contributed by atoms with Crippen LogP contribution in [0.2, 0.25) is 0 Å². The molecule has 0 amide bonds. The lowest BCUT2D eigenvalue weighted by Crippen LogP contribution is -2.38. The van der Waals surface area contributed by atoms with E-state index < -0.39 is 0 Å². The van der Waals surface area contributed by atoms with Crippen LogP contribution in [0.4, 0.5) is 0 Å². The highest BCUT2D eigenvalue weighted by molar-refractivity contribution is 6.45. The average Bonchev–Trinajstić information content (AvgIpc) is 2.82. The Kier molecular flexibility index (Phi) is 1.63. The highest BCUT2D eigenvalue weighted by atomic mass is 16.2. The number of ketones is 2. The van der Waals surface area contributed by atoms with Gasteiger partial charge >= 0.3 is 0 Å². The van der Waals surface area contributed by atoms with Gasteiger partial charge in [0.2, 0.25) is 11.6 Å². The third-order valence-electron chi connectivity index (χ3n) is 4.42. The Morgan fingerprint density at radius 2 is 1.67 bits per heavy atom. The molecule has 0 heterocycles. The van der Waals surface area contributed by atoms with E-state index in [1.54, 1.807) is 6.92 Å². The first kappa shape index (κ1) is 9.08. The number of hydrogen-bond acceptors (Lipinski definition) is 2. The molecule has 4 unspecified atom stereocenters. The quantitative estimate of drug-likeness (QED) is 0.444. The maximum Gasteiger partial charge on any atom is 0.224 e. The molecule has 3 rings (SSSR count). The maximum atomic E-state index is 11.9. The Morgan fingerprint density at radius 1 is 1.07 bits per heavy atom. The lowest BCUT2D eigenvalue weighted by molar-refractivity contribution is -0.138. The molecule has 4 atom stereocenters. The van der Waals surface area contributed by atoms with Crippen molar-refractivity contribution >= 4 is 11.6 Å². The zero-order valence-corrected chi connectivity index (χ0v) is 8.99. The third kappa shape index (κ3) is 0.947. The van der Waals surface area contributed by atoms with Gasteiger partial charge in [0.15, 0.2) is 0 Å². The van der Waals surface area contributed by atoms with Crippen LogP contribution in [-0.4, -0.2) is 11.6 Å². The first-order valence-electron chi connectivity index (χ1n) is 5.55. The Morgan fingerprint density at radius 3 is 2.33 bits per heavy atom. The van der Waals surface area contributed by atoms with Crippen molar-refractivity contribution < 1.29 is 9.59 Å². The van der Waals surface area contributed by atoms with Crippen LogP contribution >= 0.6 is 0 Å². The maximum absolute atomic E-state index is 11.9.